The van der Waals surface area contributed by atoms with Crippen molar-refractivity contribution in [3.05, 3.63) is 53.5 Å². The van der Waals surface area contributed by atoms with Crippen molar-refractivity contribution in [1.29, 1.82) is 0 Å². The molecular weight excluding hydrogens is 406 g/mol. The zero-order valence-corrected chi connectivity index (χ0v) is 17.0. The van der Waals surface area contributed by atoms with E-state index in [0.717, 1.165) is 36.3 Å². The van der Waals surface area contributed by atoms with Crippen molar-refractivity contribution in [1.82, 2.24) is 35.5 Å². The van der Waals surface area contributed by atoms with Crippen LogP contribution in [0, 0.1) is 0 Å². The van der Waals surface area contributed by atoms with Gasteiger partial charge in [-0.3, -0.25) is 9.98 Å². The molecule has 0 aromatic carbocycles. The fourth-order valence-corrected chi connectivity index (χ4v) is 3.08. The summed E-state index contributed by atoms with van der Waals surface area (Å²) in [5, 5.41) is 19.7. The van der Waals surface area contributed by atoms with E-state index in [0.29, 0.717) is 23.0 Å². The smallest absolute Gasteiger partial charge is 0.265 e. The van der Waals surface area contributed by atoms with Crippen LogP contribution in [0.1, 0.15) is 29.8 Å². The Bertz CT molecular complexity index is 1110. The highest BCUT2D eigenvalue weighted by molar-refractivity contribution is 6.00. The van der Waals surface area contributed by atoms with Crippen LogP contribution < -0.4 is 10.1 Å². The number of aryl methyl sites for hydroxylation is 1. The topological polar surface area (TPSA) is 103 Å². The molecule has 160 valence electrons. The molecule has 1 N–H and O–H groups in total. The molecule has 4 heterocycles. The van der Waals surface area contributed by atoms with Gasteiger partial charge in [-0.25, -0.2) is 13.5 Å². The second-order valence-electron chi connectivity index (χ2n) is 6.79. The van der Waals surface area contributed by atoms with E-state index in [2.05, 4.69) is 35.8 Å². The Hall–Kier alpha value is -3.76. The van der Waals surface area contributed by atoms with Crippen LogP contribution in [0.2, 0.25) is 0 Å². The summed E-state index contributed by atoms with van der Waals surface area (Å²) in [6.45, 7) is 0.908. The van der Waals surface area contributed by atoms with Crippen LogP contribution >= 0.6 is 0 Å². The molecule has 11 heteroatoms. The number of rotatable bonds is 6. The minimum atomic E-state index is -2.57. The zero-order valence-electron chi connectivity index (χ0n) is 17.0. The molecule has 0 radical (unpaired) electrons. The van der Waals surface area contributed by atoms with Gasteiger partial charge in [-0.15, -0.1) is 15.3 Å². The molecule has 1 aliphatic rings. The molecule has 0 bridgehead atoms. The van der Waals surface area contributed by atoms with E-state index in [9.17, 15) is 8.78 Å². The third kappa shape index (κ3) is 4.55. The molecule has 0 unspecified atom stereocenters. The standard InChI is InChI=1S/C20H20F2N8O/c1-23-17-9-12(7-8-24-17)14-5-6-18(27-26-14)31-11-16-19(28-29-30(16)2)15-4-3-13(10-25-15)20(21)22/h3-6,9-10,20H,7-8,11H2,1-2H3,(H,23,24). The minimum absolute atomic E-state index is 0.115. The summed E-state index contributed by atoms with van der Waals surface area (Å²) in [7, 11) is 3.45. The summed E-state index contributed by atoms with van der Waals surface area (Å²) in [6, 6.07) is 6.40. The Morgan fingerprint density at radius 1 is 1.16 bits per heavy atom. The summed E-state index contributed by atoms with van der Waals surface area (Å²) in [5.74, 6) is 1.16. The number of amidine groups is 1. The predicted molar refractivity (Wildman–Crippen MR) is 110 cm³/mol. The molecule has 3 aromatic heterocycles. The summed E-state index contributed by atoms with van der Waals surface area (Å²) >= 11 is 0. The van der Waals surface area contributed by atoms with Gasteiger partial charge in [-0.05, 0) is 36.3 Å². The molecule has 31 heavy (non-hydrogen) atoms. The van der Waals surface area contributed by atoms with Crippen LogP contribution in [0.5, 0.6) is 5.88 Å². The maximum Gasteiger partial charge on any atom is 0.265 e. The van der Waals surface area contributed by atoms with Gasteiger partial charge in [0.25, 0.3) is 6.43 Å². The summed E-state index contributed by atoms with van der Waals surface area (Å²) in [5.41, 5.74) is 3.19. The molecule has 1 aliphatic heterocycles. The number of aromatic nitrogens is 6. The van der Waals surface area contributed by atoms with Gasteiger partial charge < -0.3 is 10.1 Å². The van der Waals surface area contributed by atoms with Gasteiger partial charge in [0.15, 0.2) is 0 Å². The van der Waals surface area contributed by atoms with Gasteiger partial charge in [-0.1, -0.05) is 5.21 Å². The highest BCUT2D eigenvalue weighted by atomic mass is 19.3. The van der Waals surface area contributed by atoms with Crippen molar-refractivity contribution >= 4 is 11.4 Å². The number of aliphatic imine (C=N–C) groups is 1. The second kappa shape index (κ2) is 8.94. The molecule has 0 aliphatic carbocycles. The summed E-state index contributed by atoms with van der Waals surface area (Å²) in [6.07, 6.45) is 1.34. The van der Waals surface area contributed by atoms with E-state index < -0.39 is 6.43 Å². The van der Waals surface area contributed by atoms with Crippen LogP contribution in [-0.2, 0) is 13.7 Å². The fourth-order valence-electron chi connectivity index (χ4n) is 3.08. The van der Waals surface area contributed by atoms with E-state index in [-0.39, 0.29) is 12.2 Å². The van der Waals surface area contributed by atoms with Gasteiger partial charge in [0.1, 0.15) is 23.8 Å². The van der Waals surface area contributed by atoms with Crippen molar-refractivity contribution in [2.24, 2.45) is 12.0 Å². The fraction of sp³-hybridized carbons (Fsp3) is 0.300. The van der Waals surface area contributed by atoms with Crippen LogP contribution in [0.25, 0.3) is 17.0 Å². The number of hydrogen-bond acceptors (Lipinski definition) is 7. The Balaban J connectivity index is 1.47. The van der Waals surface area contributed by atoms with Gasteiger partial charge in [0.2, 0.25) is 5.88 Å². The quantitative estimate of drug-likeness (QED) is 0.646. The molecule has 0 amide bonds. The number of hydrogen-bond donors (Lipinski definition) is 1. The van der Waals surface area contributed by atoms with E-state index in [1.807, 2.05) is 12.1 Å². The highest BCUT2D eigenvalue weighted by Crippen LogP contribution is 2.24. The Morgan fingerprint density at radius 3 is 2.68 bits per heavy atom. The number of halogens is 2. The average Bonchev–Trinajstić information content (AvgIpc) is 3.18. The first kappa shape index (κ1) is 20.5. The monoisotopic (exact) mass is 426 g/mol. The third-order valence-corrected chi connectivity index (χ3v) is 4.80. The molecule has 0 fully saturated rings. The summed E-state index contributed by atoms with van der Waals surface area (Å²) in [4.78, 5) is 8.23. The maximum absolute atomic E-state index is 12.8. The SMILES string of the molecule is CN=C1C=C(c2ccc(OCc3c(-c4ccc(C(F)F)cn4)nnn3C)nn2)CCN1. The average molecular weight is 426 g/mol. The minimum Gasteiger partial charge on any atom is -0.470 e. The van der Waals surface area contributed by atoms with E-state index in [1.165, 1.54) is 12.1 Å². The molecular formula is C20H20F2N8O. The van der Waals surface area contributed by atoms with Crippen LogP contribution in [0.15, 0.2) is 41.5 Å². The van der Waals surface area contributed by atoms with Crippen molar-refractivity contribution in [3.8, 4) is 17.3 Å². The molecule has 9 nitrogen and oxygen atoms in total. The lowest BCUT2D eigenvalue weighted by Crippen LogP contribution is -2.27. The third-order valence-electron chi connectivity index (χ3n) is 4.80. The van der Waals surface area contributed by atoms with Gasteiger partial charge in [-0.2, -0.15) is 0 Å². The largest absolute Gasteiger partial charge is 0.470 e. The molecule has 4 rings (SSSR count). The van der Waals surface area contributed by atoms with Crippen molar-refractivity contribution in [2.45, 2.75) is 19.5 Å². The summed E-state index contributed by atoms with van der Waals surface area (Å²) < 4.78 is 32.8. The predicted octanol–water partition coefficient (Wildman–Crippen LogP) is 2.59. The zero-order chi connectivity index (χ0) is 21.8. The normalized spacial score (nSPS) is 15.1. The molecule has 0 saturated carbocycles. The highest BCUT2D eigenvalue weighted by Gasteiger charge is 2.17. The van der Waals surface area contributed by atoms with Crippen molar-refractivity contribution in [3.63, 3.8) is 0 Å². The van der Waals surface area contributed by atoms with Crippen molar-refractivity contribution < 1.29 is 13.5 Å². The van der Waals surface area contributed by atoms with Crippen molar-refractivity contribution in [2.75, 3.05) is 13.6 Å². The molecule has 0 saturated heterocycles. The molecule has 3 aromatic rings. The Labute approximate surface area is 176 Å². The van der Waals surface area contributed by atoms with Crippen LogP contribution in [0.3, 0.4) is 0 Å². The lowest BCUT2D eigenvalue weighted by atomic mass is 10.1. The van der Waals surface area contributed by atoms with Gasteiger partial charge >= 0.3 is 0 Å². The van der Waals surface area contributed by atoms with Crippen LogP contribution in [0.4, 0.5) is 8.78 Å². The Kier molecular flexibility index (Phi) is 5.92. The first-order chi connectivity index (χ1) is 15.0. The first-order valence-corrected chi connectivity index (χ1v) is 9.56. The maximum atomic E-state index is 12.8. The number of nitrogens with zero attached hydrogens (tertiary/aromatic N) is 7. The molecule has 0 spiro atoms. The van der Waals surface area contributed by atoms with Gasteiger partial charge in [0, 0.05) is 38.5 Å². The number of nitrogens with one attached hydrogen (secondary N) is 1. The number of ether oxygens (including phenoxy) is 1. The lowest BCUT2D eigenvalue weighted by molar-refractivity contribution is 0.151. The van der Waals surface area contributed by atoms with E-state index in [4.69, 9.17) is 4.74 Å². The molecule has 0 atom stereocenters. The second-order valence-corrected chi connectivity index (χ2v) is 6.79. The van der Waals surface area contributed by atoms with Gasteiger partial charge in [0.05, 0.1) is 11.4 Å². The Morgan fingerprint density at radius 2 is 2.00 bits per heavy atom. The number of alkyl halides is 2. The van der Waals surface area contributed by atoms with E-state index in [1.54, 1.807) is 24.8 Å². The number of pyridine rings is 1. The van der Waals surface area contributed by atoms with E-state index >= 15 is 0 Å². The first-order valence-electron chi connectivity index (χ1n) is 9.56. The van der Waals surface area contributed by atoms with Crippen LogP contribution in [-0.4, -0.2) is 49.6 Å². The lowest BCUT2D eigenvalue weighted by Gasteiger charge is -2.15.